The summed E-state index contributed by atoms with van der Waals surface area (Å²) in [6.07, 6.45) is 3.86. The van der Waals surface area contributed by atoms with Crippen LogP contribution in [-0.2, 0) is 4.74 Å². The minimum absolute atomic E-state index is 0.0395. The quantitative estimate of drug-likeness (QED) is 0.644. The van der Waals surface area contributed by atoms with Crippen LogP contribution in [0.5, 0.6) is 5.75 Å². The van der Waals surface area contributed by atoms with Crippen LogP contribution in [0.4, 0.5) is 5.69 Å². The van der Waals surface area contributed by atoms with Gasteiger partial charge >= 0.3 is 0 Å². The highest BCUT2D eigenvalue weighted by Crippen LogP contribution is 2.28. The maximum atomic E-state index is 6.06. The van der Waals surface area contributed by atoms with E-state index in [4.69, 9.17) is 33.3 Å². The zero-order valence-electron chi connectivity index (χ0n) is 11.3. The lowest BCUT2D eigenvalue weighted by atomic mass is 10.3. The minimum atomic E-state index is 0.0395. The molecule has 19 heavy (non-hydrogen) atoms. The van der Waals surface area contributed by atoms with Gasteiger partial charge in [0, 0.05) is 11.8 Å². The van der Waals surface area contributed by atoms with Crippen LogP contribution in [0.25, 0.3) is 0 Å². The van der Waals surface area contributed by atoms with Crippen LogP contribution in [0.2, 0.25) is 5.02 Å². The van der Waals surface area contributed by atoms with E-state index in [0.717, 1.165) is 5.69 Å². The Bertz CT molecular complexity index is 461. The number of hydrogen-bond acceptors (Lipinski definition) is 3. The Morgan fingerprint density at radius 3 is 2.84 bits per heavy atom. The summed E-state index contributed by atoms with van der Waals surface area (Å²) in [6, 6.07) is 5.37. The monoisotopic (exact) mass is 299 g/mol. The number of ether oxygens (including phenoxy) is 2. The summed E-state index contributed by atoms with van der Waals surface area (Å²) >= 11 is 11.1. The number of anilines is 1. The predicted molar refractivity (Wildman–Crippen MR) is 84.2 cm³/mol. The number of allylic oxidation sites excluding steroid dienone is 1. The van der Waals surface area contributed by atoms with Crippen molar-refractivity contribution in [1.29, 1.82) is 0 Å². The average Bonchev–Trinajstić information content (AvgIpc) is 2.32. The molecule has 1 rings (SSSR count). The molecule has 0 unspecified atom stereocenters. The van der Waals surface area contributed by atoms with Crippen molar-refractivity contribution >= 4 is 34.7 Å². The van der Waals surface area contributed by atoms with Gasteiger partial charge in [-0.05, 0) is 45.1 Å². The van der Waals surface area contributed by atoms with Crippen molar-refractivity contribution in [2.45, 2.75) is 26.9 Å². The van der Waals surface area contributed by atoms with Gasteiger partial charge in [-0.3, -0.25) is 0 Å². The van der Waals surface area contributed by atoms with E-state index in [9.17, 15) is 0 Å². The van der Waals surface area contributed by atoms with E-state index in [1.54, 1.807) is 12.1 Å². The molecule has 0 atom stereocenters. The van der Waals surface area contributed by atoms with E-state index >= 15 is 0 Å². The fraction of sp³-hybridized carbons (Fsp3) is 0.357. The van der Waals surface area contributed by atoms with E-state index in [-0.39, 0.29) is 6.10 Å². The van der Waals surface area contributed by atoms with E-state index in [1.165, 1.54) is 0 Å². The average molecular weight is 300 g/mol. The second kappa shape index (κ2) is 8.02. The molecular formula is C14H18ClNO2S. The predicted octanol–water partition coefficient (Wildman–Crippen LogP) is 4.42. The number of hydrogen-bond donors (Lipinski definition) is 1. The fourth-order valence-corrected chi connectivity index (χ4v) is 1.77. The Hall–Kier alpha value is -1.26. The van der Waals surface area contributed by atoms with Gasteiger partial charge < -0.3 is 14.8 Å². The van der Waals surface area contributed by atoms with Crippen LogP contribution in [0.1, 0.15) is 20.8 Å². The molecule has 0 spiro atoms. The molecule has 0 bridgehead atoms. The third-order valence-electron chi connectivity index (χ3n) is 2.09. The van der Waals surface area contributed by atoms with Crippen LogP contribution < -0.4 is 10.1 Å². The molecule has 1 N–H and O–H groups in total. The zero-order valence-corrected chi connectivity index (χ0v) is 12.8. The molecule has 1 aromatic carbocycles. The van der Waals surface area contributed by atoms with E-state index < -0.39 is 0 Å². The van der Waals surface area contributed by atoms with Crippen molar-refractivity contribution in [3.05, 3.63) is 35.4 Å². The summed E-state index contributed by atoms with van der Waals surface area (Å²) in [7, 11) is 0. The smallest absolute Gasteiger partial charge is 0.261 e. The zero-order chi connectivity index (χ0) is 14.3. The Labute approximate surface area is 124 Å². The lowest BCUT2D eigenvalue weighted by Gasteiger charge is -2.13. The minimum Gasteiger partial charge on any atom is -0.488 e. The van der Waals surface area contributed by atoms with Crippen molar-refractivity contribution in [1.82, 2.24) is 0 Å². The molecule has 0 radical (unpaired) electrons. The van der Waals surface area contributed by atoms with Crippen molar-refractivity contribution in [2.75, 3.05) is 11.9 Å². The van der Waals surface area contributed by atoms with Gasteiger partial charge in [0.25, 0.3) is 5.17 Å². The second-order valence-electron chi connectivity index (χ2n) is 4.10. The maximum absolute atomic E-state index is 6.06. The first-order chi connectivity index (χ1) is 9.02. The van der Waals surface area contributed by atoms with Gasteiger partial charge in [-0.2, -0.15) is 0 Å². The van der Waals surface area contributed by atoms with Gasteiger partial charge in [0.05, 0.1) is 11.1 Å². The number of halogens is 1. The van der Waals surface area contributed by atoms with Gasteiger partial charge in [0.15, 0.2) is 0 Å². The summed E-state index contributed by atoms with van der Waals surface area (Å²) in [5, 5.41) is 3.88. The highest BCUT2D eigenvalue weighted by molar-refractivity contribution is 7.80. The number of nitrogens with one attached hydrogen (secondary N) is 1. The molecule has 0 aromatic heterocycles. The van der Waals surface area contributed by atoms with Crippen LogP contribution in [0, 0.1) is 0 Å². The highest BCUT2D eigenvalue weighted by Gasteiger charge is 2.06. The molecule has 104 valence electrons. The Morgan fingerprint density at radius 1 is 1.47 bits per heavy atom. The van der Waals surface area contributed by atoms with Crippen molar-refractivity contribution in [3.63, 3.8) is 0 Å². The lowest BCUT2D eigenvalue weighted by molar-refractivity contribution is 0.235. The molecule has 0 aliphatic rings. The molecular weight excluding hydrogens is 282 g/mol. The molecule has 1 aromatic rings. The Morgan fingerprint density at radius 2 is 2.21 bits per heavy atom. The normalized spacial score (nSPS) is 10.8. The molecule has 0 aliphatic carbocycles. The summed E-state index contributed by atoms with van der Waals surface area (Å²) in [5.41, 5.74) is 0.783. The Balaban J connectivity index is 2.69. The summed E-state index contributed by atoms with van der Waals surface area (Å²) in [5.74, 6) is 0.608. The molecule has 0 aliphatic heterocycles. The molecule has 5 heteroatoms. The summed E-state index contributed by atoms with van der Waals surface area (Å²) in [4.78, 5) is 0. The number of rotatable bonds is 5. The largest absolute Gasteiger partial charge is 0.488 e. The van der Waals surface area contributed by atoms with E-state index in [2.05, 4.69) is 5.32 Å². The van der Waals surface area contributed by atoms with Crippen molar-refractivity contribution < 1.29 is 9.47 Å². The first-order valence-electron chi connectivity index (χ1n) is 6.04. The molecule has 0 amide bonds. The van der Waals surface area contributed by atoms with Gasteiger partial charge in [-0.25, -0.2) is 0 Å². The molecule has 3 nitrogen and oxygen atoms in total. The molecule has 0 saturated heterocycles. The number of benzene rings is 1. The fourth-order valence-electron chi connectivity index (χ4n) is 1.29. The maximum Gasteiger partial charge on any atom is 0.261 e. The molecule has 0 saturated carbocycles. The van der Waals surface area contributed by atoms with Crippen LogP contribution in [-0.4, -0.2) is 17.9 Å². The Kier molecular flexibility index (Phi) is 6.67. The second-order valence-corrected chi connectivity index (χ2v) is 4.88. The molecule has 0 fully saturated rings. The standard InChI is InChI=1S/C14H18ClNO2S/c1-4-5-8-17-13-9-11(6-7-12(13)15)16-14(19)18-10(2)3/h4-7,9-10H,8H2,1-3H3,(H,16,19). The summed E-state index contributed by atoms with van der Waals surface area (Å²) < 4.78 is 10.9. The van der Waals surface area contributed by atoms with Gasteiger partial charge in [-0.15, -0.1) is 0 Å². The topological polar surface area (TPSA) is 30.5 Å². The van der Waals surface area contributed by atoms with Crippen molar-refractivity contribution in [2.24, 2.45) is 0 Å². The van der Waals surface area contributed by atoms with Crippen molar-refractivity contribution in [3.8, 4) is 5.75 Å². The van der Waals surface area contributed by atoms with Gasteiger partial charge in [0.1, 0.15) is 12.4 Å². The van der Waals surface area contributed by atoms with E-state index in [0.29, 0.717) is 22.6 Å². The third-order valence-corrected chi connectivity index (χ3v) is 2.60. The first kappa shape index (κ1) is 15.8. The number of thiocarbonyl (C=S) groups is 1. The van der Waals surface area contributed by atoms with Gasteiger partial charge in [0.2, 0.25) is 0 Å². The van der Waals surface area contributed by atoms with E-state index in [1.807, 2.05) is 39.0 Å². The van der Waals surface area contributed by atoms with Gasteiger partial charge in [-0.1, -0.05) is 23.8 Å². The first-order valence-corrected chi connectivity index (χ1v) is 6.82. The van der Waals surface area contributed by atoms with Crippen LogP contribution in [0.3, 0.4) is 0 Å². The molecule has 0 heterocycles. The highest BCUT2D eigenvalue weighted by atomic mass is 35.5. The third kappa shape index (κ3) is 5.94. The summed E-state index contributed by atoms with van der Waals surface area (Å²) in [6.45, 7) is 6.25. The SMILES string of the molecule is CC=CCOc1cc(NC(=S)OC(C)C)ccc1Cl. The van der Waals surface area contributed by atoms with Crippen LogP contribution in [0.15, 0.2) is 30.4 Å². The lowest BCUT2D eigenvalue weighted by Crippen LogP contribution is -2.17. The van der Waals surface area contributed by atoms with Crippen LogP contribution >= 0.6 is 23.8 Å².